The van der Waals surface area contributed by atoms with Crippen LogP contribution in [0.5, 0.6) is 0 Å². The maximum absolute atomic E-state index is 13.4. The second kappa shape index (κ2) is 7.35. The van der Waals surface area contributed by atoms with Gasteiger partial charge in [-0.1, -0.05) is 12.1 Å². The predicted octanol–water partition coefficient (Wildman–Crippen LogP) is 4.18. The summed E-state index contributed by atoms with van der Waals surface area (Å²) >= 11 is 0. The molecule has 35 heavy (non-hydrogen) atoms. The standard InChI is InChI=1S/C24H13F3N6O2/c25-24(26,27)14-2-1-3-15(9-14)33-21-16(22(34)31-23(33)35)11-28-19-7-6-17(30-20(19)21)12-4-5-18-13(8-12)10-29-32-18/h1-11H,(H,29,32)(H,31,34,35). The quantitative estimate of drug-likeness (QED) is 0.366. The number of nitrogens with zero attached hydrogens (tertiary/aromatic N) is 4. The summed E-state index contributed by atoms with van der Waals surface area (Å²) in [5.41, 5.74) is 0.155. The third-order valence-corrected chi connectivity index (χ3v) is 5.75. The zero-order chi connectivity index (χ0) is 24.3. The maximum atomic E-state index is 13.4. The highest BCUT2D eigenvalue weighted by molar-refractivity contribution is 6.02. The van der Waals surface area contributed by atoms with Gasteiger partial charge in [0, 0.05) is 17.1 Å². The number of pyridine rings is 2. The number of hydrogen-bond donors (Lipinski definition) is 2. The number of halogens is 3. The van der Waals surface area contributed by atoms with Gasteiger partial charge >= 0.3 is 11.9 Å². The van der Waals surface area contributed by atoms with Gasteiger partial charge in [0.2, 0.25) is 0 Å². The van der Waals surface area contributed by atoms with Crippen molar-refractivity contribution in [2.45, 2.75) is 6.18 Å². The van der Waals surface area contributed by atoms with Crippen molar-refractivity contribution >= 4 is 32.8 Å². The van der Waals surface area contributed by atoms with Gasteiger partial charge in [-0.15, -0.1) is 0 Å². The molecule has 0 bridgehead atoms. The van der Waals surface area contributed by atoms with Gasteiger partial charge in [0.1, 0.15) is 5.52 Å². The van der Waals surface area contributed by atoms with Crippen LogP contribution in [-0.4, -0.2) is 29.7 Å². The summed E-state index contributed by atoms with van der Waals surface area (Å²) in [6.45, 7) is 0. The Morgan fingerprint density at radius 3 is 2.63 bits per heavy atom. The number of alkyl halides is 3. The Hall–Kier alpha value is -4.80. The summed E-state index contributed by atoms with van der Waals surface area (Å²) in [5.74, 6) is 0. The van der Waals surface area contributed by atoms with Crippen LogP contribution in [0.15, 0.2) is 76.6 Å². The zero-order valence-corrected chi connectivity index (χ0v) is 17.6. The first-order valence-corrected chi connectivity index (χ1v) is 10.4. The second-order valence-corrected chi connectivity index (χ2v) is 7.90. The second-order valence-electron chi connectivity index (χ2n) is 7.90. The molecule has 0 aliphatic rings. The molecule has 172 valence electrons. The van der Waals surface area contributed by atoms with Gasteiger partial charge in [-0.2, -0.15) is 18.3 Å². The molecular weight excluding hydrogens is 461 g/mol. The molecular formula is C24H13F3N6O2. The molecule has 0 fully saturated rings. The third kappa shape index (κ3) is 3.36. The van der Waals surface area contributed by atoms with Gasteiger partial charge in [0.05, 0.1) is 45.1 Å². The monoisotopic (exact) mass is 474 g/mol. The Balaban J connectivity index is 1.69. The van der Waals surface area contributed by atoms with E-state index in [4.69, 9.17) is 0 Å². The van der Waals surface area contributed by atoms with Crippen LogP contribution >= 0.6 is 0 Å². The van der Waals surface area contributed by atoms with Crippen molar-refractivity contribution < 1.29 is 13.2 Å². The number of aromatic amines is 2. The number of H-pyrrole nitrogens is 2. The van der Waals surface area contributed by atoms with E-state index in [2.05, 4.69) is 25.1 Å². The van der Waals surface area contributed by atoms with E-state index < -0.39 is 23.0 Å². The molecule has 6 aromatic rings. The SMILES string of the molecule is O=c1[nH]c(=O)n(-c2cccc(C(F)(F)F)c2)c2c1cnc1ccc(-c3ccc4[nH]ncc4c3)nc12. The van der Waals surface area contributed by atoms with Crippen molar-refractivity contribution in [1.29, 1.82) is 0 Å². The van der Waals surface area contributed by atoms with E-state index in [-0.39, 0.29) is 22.1 Å². The van der Waals surface area contributed by atoms with Gasteiger partial charge in [-0.3, -0.25) is 24.4 Å². The van der Waals surface area contributed by atoms with Crippen molar-refractivity contribution in [1.82, 2.24) is 29.7 Å². The average molecular weight is 474 g/mol. The Bertz CT molecular complexity index is 1900. The van der Waals surface area contributed by atoms with E-state index >= 15 is 0 Å². The van der Waals surface area contributed by atoms with E-state index in [0.29, 0.717) is 11.2 Å². The smallest absolute Gasteiger partial charge is 0.278 e. The van der Waals surface area contributed by atoms with Gasteiger partial charge in [0.25, 0.3) is 5.56 Å². The molecule has 0 aliphatic heterocycles. The van der Waals surface area contributed by atoms with Crippen molar-refractivity contribution in [3.05, 3.63) is 93.4 Å². The minimum Gasteiger partial charge on any atom is -0.278 e. The van der Waals surface area contributed by atoms with Crippen LogP contribution in [0.4, 0.5) is 13.2 Å². The molecule has 0 aliphatic carbocycles. The number of nitrogens with one attached hydrogen (secondary N) is 2. The van der Waals surface area contributed by atoms with E-state index in [0.717, 1.165) is 33.2 Å². The van der Waals surface area contributed by atoms with Gasteiger partial charge in [-0.05, 0) is 42.5 Å². The Kier molecular flexibility index (Phi) is 4.37. The largest absolute Gasteiger partial charge is 0.416 e. The molecule has 0 saturated carbocycles. The van der Waals surface area contributed by atoms with Gasteiger partial charge in [0.15, 0.2) is 0 Å². The maximum Gasteiger partial charge on any atom is 0.416 e. The molecule has 2 aromatic carbocycles. The lowest BCUT2D eigenvalue weighted by atomic mass is 10.1. The van der Waals surface area contributed by atoms with Crippen LogP contribution in [0.2, 0.25) is 0 Å². The minimum atomic E-state index is -4.61. The fourth-order valence-electron chi connectivity index (χ4n) is 4.10. The van der Waals surface area contributed by atoms with Crippen molar-refractivity contribution in [3.63, 3.8) is 0 Å². The highest BCUT2D eigenvalue weighted by Gasteiger charge is 2.31. The van der Waals surface area contributed by atoms with Gasteiger partial charge < -0.3 is 0 Å². The number of hydrogen-bond acceptors (Lipinski definition) is 5. The number of rotatable bonds is 2. The minimum absolute atomic E-state index is 0.0180. The van der Waals surface area contributed by atoms with Crippen LogP contribution in [-0.2, 0) is 6.18 Å². The number of aromatic nitrogens is 6. The molecule has 0 spiro atoms. The average Bonchev–Trinajstić information content (AvgIpc) is 3.31. The van der Waals surface area contributed by atoms with E-state index in [1.54, 1.807) is 18.3 Å². The normalized spacial score (nSPS) is 12.1. The summed E-state index contributed by atoms with van der Waals surface area (Å²) in [5, 5.41) is 7.75. The van der Waals surface area contributed by atoms with Crippen molar-refractivity contribution in [2.75, 3.05) is 0 Å². The van der Waals surface area contributed by atoms with E-state index in [1.165, 1.54) is 18.3 Å². The van der Waals surface area contributed by atoms with E-state index in [9.17, 15) is 22.8 Å². The fraction of sp³-hybridized carbons (Fsp3) is 0.0417. The Labute approximate surface area is 192 Å². The zero-order valence-electron chi connectivity index (χ0n) is 17.6. The Morgan fingerprint density at radius 2 is 1.80 bits per heavy atom. The molecule has 2 N–H and O–H groups in total. The lowest BCUT2D eigenvalue weighted by Crippen LogP contribution is -2.29. The molecule has 6 rings (SSSR count). The lowest BCUT2D eigenvalue weighted by molar-refractivity contribution is -0.137. The fourth-order valence-corrected chi connectivity index (χ4v) is 4.10. The lowest BCUT2D eigenvalue weighted by Gasteiger charge is -2.14. The molecule has 0 atom stereocenters. The molecule has 0 radical (unpaired) electrons. The summed E-state index contributed by atoms with van der Waals surface area (Å²) in [7, 11) is 0. The molecule has 8 nitrogen and oxygen atoms in total. The molecule has 4 heterocycles. The van der Waals surface area contributed by atoms with E-state index in [1.807, 2.05) is 18.2 Å². The molecule has 4 aromatic heterocycles. The van der Waals surface area contributed by atoms with Crippen LogP contribution in [0.25, 0.3) is 49.8 Å². The molecule has 11 heteroatoms. The first kappa shape index (κ1) is 20.8. The number of benzene rings is 2. The molecule has 0 unspecified atom stereocenters. The third-order valence-electron chi connectivity index (χ3n) is 5.75. The molecule has 0 amide bonds. The topological polar surface area (TPSA) is 109 Å². The van der Waals surface area contributed by atoms with Crippen LogP contribution in [0.3, 0.4) is 0 Å². The predicted molar refractivity (Wildman–Crippen MR) is 123 cm³/mol. The van der Waals surface area contributed by atoms with Gasteiger partial charge in [-0.25, -0.2) is 9.78 Å². The summed E-state index contributed by atoms with van der Waals surface area (Å²) in [4.78, 5) is 36.6. The summed E-state index contributed by atoms with van der Waals surface area (Å²) in [6.07, 6.45) is -1.67. The first-order chi connectivity index (χ1) is 16.8. The highest BCUT2D eigenvalue weighted by atomic mass is 19.4. The summed E-state index contributed by atoms with van der Waals surface area (Å²) in [6, 6.07) is 13.3. The Morgan fingerprint density at radius 1 is 0.943 bits per heavy atom. The van der Waals surface area contributed by atoms with Crippen LogP contribution < -0.4 is 11.2 Å². The highest BCUT2D eigenvalue weighted by Crippen LogP contribution is 2.31. The van der Waals surface area contributed by atoms with Crippen LogP contribution in [0.1, 0.15) is 5.56 Å². The number of fused-ring (bicyclic) bond motifs is 4. The van der Waals surface area contributed by atoms with Crippen molar-refractivity contribution in [3.8, 4) is 16.9 Å². The van der Waals surface area contributed by atoms with Crippen LogP contribution in [0, 0.1) is 0 Å². The molecule has 0 saturated heterocycles. The first-order valence-electron chi connectivity index (χ1n) is 10.4. The summed E-state index contributed by atoms with van der Waals surface area (Å²) < 4.78 is 41.1. The van der Waals surface area contributed by atoms with Crippen molar-refractivity contribution in [2.24, 2.45) is 0 Å².